The summed E-state index contributed by atoms with van der Waals surface area (Å²) in [6, 6.07) is 19.1. The molecule has 0 radical (unpaired) electrons. The molecule has 0 unspecified atom stereocenters. The van der Waals surface area contributed by atoms with Gasteiger partial charge in [-0.05, 0) is 80.9 Å². The molecule has 1 atom stereocenters. The maximum Gasteiger partial charge on any atom is 0.261 e. The van der Waals surface area contributed by atoms with Crippen LogP contribution in [0.2, 0.25) is 0 Å². The van der Waals surface area contributed by atoms with Crippen LogP contribution in [-0.4, -0.2) is 26.7 Å². The van der Waals surface area contributed by atoms with Gasteiger partial charge in [-0.15, -0.1) is 11.8 Å². The monoisotopic (exact) mass is 470 g/mol. The van der Waals surface area contributed by atoms with Gasteiger partial charge in [0.25, 0.3) is 10.0 Å². The van der Waals surface area contributed by atoms with Crippen LogP contribution in [0.5, 0.6) is 5.75 Å². The normalized spacial score (nSPS) is 12.1. The third-order valence-corrected chi connectivity index (χ3v) is 7.29. The van der Waals surface area contributed by atoms with Crippen molar-refractivity contribution in [2.75, 3.05) is 17.1 Å². The zero-order chi connectivity index (χ0) is 23.3. The molecule has 3 aromatic carbocycles. The van der Waals surface area contributed by atoms with E-state index in [9.17, 15) is 13.2 Å². The molecule has 0 aliphatic rings. The summed E-state index contributed by atoms with van der Waals surface area (Å²) in [5.41, 5.74) is 2.98. The summed E-state index contributed by atoms with van der Waals surface area (Å²) in [6.07, 6.45) is 0. The number of thioether (sulfide) groups is 1. The molecule has 1 amide bonds. The lowest BCUT2D eigenvalue weighted by Gasteiger charge is -2.14. The predicted octanol–water partition coefficient (Wildman–Crippen LogP) is 5.23. The fourth-order valence-electron chi connectivity index (χ4n) is 3.01. The summed E-state index contributed by atoms with van der Waals surface area (Å²) in [4.78, 5) is 13.6. The van der Waals surface area contributed by atoms with Gasteiger partial charge in [-0.2, -0.15) is 0 Å². The molecule has 3 aromatic rings. The zero-order valence-electron chi connectivity index (χ0n) is 18.4. The second-order valence-corrected chi connectivity index (χ2v) is 10.5. The smallest absolute Gasteiger partial charge is 0.261 e. The van der Waals surface area contributed by atoms with E-state index in [1.807, 2.05) is 57.2 Å². The Labute approximate surface area is 193 Å². The van der Waals surface area contributed by atoms with Gasteiger partial charge in [0.2, 0.25) is 5.91 Å². The number of aryl methyl sites for hydroxylation is 2. The first-order chi connectivity index (χ1) is 15.2. The average molecular weight is 471 g/mol. The van der Waals surface area contributed by atoms with Crippen molar-refractivity contribution in [1.82, 2.24) is 0 Å². The molecule has 0 bridgehead atoms. The van der Waals surface area contributed by atoms with Gasteiger partial charge in [0, 0.05) is 10.6 Å². The number of benzene rings is 3. The predicted molar refractivity (Wildman–Crippen MR) is 130 cm³/mol. The van der Waals surface area contributed by atoms with Crippen LogP contribution in [0.25, 0.3) is 0 Å². The van der Waals surface area contributed by atoms with Gasteiger partial charge in [-0.1, -0.05) is 17.7 Å². The lowest BCUT2D eigenvalue weighted by atomic mass is 10.1. The van der Waals surface area contributed by atoms with Gasteiger partial charge >= 0.3 is 0 Å². The second-order valence-electron chi connectivity index (χ2n) is 7.37. The minimum atomic E-state index is -3.73. The molecule has 3 rings (SSSR count). The summed E-state index contributed by atoms with van der Waals surface area (Å²) in [6.45, 7) is 5.63. The highest BCUT2D eigenvalue weighted by molar-refractivity contribution is 8.00. The molecule has 32 heavy (non-hydrogen) atoms. The molecule has 0 aliphatic carbocycles. The van der Waals surface area contributed by atoms with E-state index in [2.05, 4.69) is 10.0 Å². The summed E-state index contributed by atoms with van der Waals surface area (Å²) in [5.74, 6) is 0.586. The standard InChI is InChI=1S/C24H26N2O4S2/c1-16-5-14-23(17(2)15-16)26-32(28,29)22-12-6-19(7-13-22)25-24(27)18(3)31-21-10-8-20(30-4)9-11-21/h5-15,18,26H,1-4H3,(H,25,27)/t18-/m1/s1. The first kappa shape index (κ1) is 23.7. The average Bonchev–Trinajstić information content (AvgIpc) is 2.76. The molecule has 0 saturated heterocycles. The van der Waals surface area contributed by atoms with E-state index in [-0.39, 0.29) is 16.1 Å². The van der Waals surface area contributed by atoms with Crippen LogP contribution in [0.15, 0.2) is 76.5 Å². The summed E-state index contributed by atoms with van der Waals surface area (Å²) in [7, 11) is -2.13. The SMILES string of the molecule is COc1ccc(S[C@H](C)C(=O)Nc2ccc(S(=O)(=O)Nc3ccc(C)cc3C)cc2)cc1. The van der Waals surface area contributed by atoms with Crippen molar-refractivity contribution in [3.63, 3.8) is 0 Å². The summed E-state index contributed by atoms with van der Waals surface area (Å²) in [5, 5.41) is 2.49. The van der Waals surface area contributed by atoms with Crippen LogP contribution < -0.4 is 14.8 Å². The number of rotatable bonds is 8. The molecule has 2 N–H and O–H groups in total. The van der Waals surface area contributed by atoms with Gasteiger partial charge in [0.1, 0.15) is 5.75 Å². The fourth-order valence-corrected chi connectivity index (χ4v) is 5.00. The number of carbonyl (C=O) groups is 1. The molecule has 0 spiro atoms. The molecule has 0 aliphatic heterocycles. The van der Waals surface area contributed by atoms with Crippen LogP contribution in [0.4, 0.5) is 11.4 Å². The van der Waals surface area contributed by atoms with Crippen LogP contribution in [0, 0.1) is 13.8 Å². The Balaban J connectivity index is 1.63. The maximum absolute atomic E-state index is 12.7. The highest BCUT2D eigenvalue weighted by Crippen LogP contribution is 2.27. The number of hydrogen-bond acceptors (Lipinski definition) is 5. The number of methoxy groups -OCH3 is 1. The lowest BCUT2D eigenvalue weighted by molar-refractivity contribution is -0.115. The fraction of sp³-hybridized carbons (Fsp3) is 0.208. The number of amides is 1. The Morgan fingerprint density at radius 1 is 0.969 bits per heavy atom. The van der Waals surface area contributed by atoms with Crippen LogP contribution in [-0.2, 0) is 14.8 Å². The van der Waals surface area contributed by atoms with E-state index in [4.69, 9.17) is 4.74 Å². The topological polar surface area (TPSA) is 84.5 Å². The van der Waals surface area contributed by atoms with Gasteiger partial charge in [0.15, 0.2) is 0 Å². The van der Waals surface area contributed by atoms with Crippen molar-refractivity contribution < 1.29 is 17.9 Å². The van der Waals surface area contributed by atoms with Crippen LogP contribution >= 0.6 is 11.8 Å². The largest absolute Gasteiger partial charge is 0.497 e. The van der Waals surface area contributed by atoms with E-state index in [0.29, 0.717) is 11.4 Å². The molecule has 168 valence electrons. The van der Waals surface area contributed by atoms with E-state index < -0.39 is 10.0 Å². The maximum atomic E-state index is 12.7. The van der Waals surface area contributed by atoms with Gasteiger partial charge in [0.05, 0.1) is 22.9 Å². The second kappa shape index (κ2) is 10.1. The third kappa shape index (κ3) is 6.05. The molecule has 0 aromatic heterocycles. The number of hydrogen-bond donors (Lipinski definition) is 2. The molecule has 6 nitrogen and oxygen atoms in total. The number of ether oxygens (including phenoxy) is 1. The molecule has 0 saturated carbocycles. The Bertz CT molecular complexity index is 1190. The molecule has 8 heteroatoms. The molecular formula is C24H26N2O4S2. The zero-order valence-corrected chi connectivity index (χ0v) is 20.0. The number of anilines is 2. The van der Waals surface area contributed by atoms with Crippen molar-refractivity contribution in [2.24, 2.45) is 0 Å². The van der Waals surface area contributed by atoms with Crippen molar-refractivity contribution in [3.8, 4) is 5.75 Å². The van der Waals surface area contributed by atoms with Crippen molar-refractivity contribution >= 4 is 39.1 Å². The highest BCUT2D eigenvalue weighted by Gasteiger charge is 2.17. The first-order valence-corrected chi connectivity index (χ1v) is 12.4. The number of nitrogens with one attached hydrogen (secondary N) is 2. The quantitative estimate of drug-likeness (QED) is 0.440. The van der Waals surface area contributed by atoms with E-state index in [0.717, 1.165) is 21.8 Å². The number of sulfonamides is 1. The molecular weight excluding hydrogens is 444 g/mol. The third-order valence-electron chi connectivity index (χ3n) is 4.80. The summed E-state index contributed by atoms with van der Waals surface area (Å²) >= 11 is 1.43. The summed E-state index contributed by atoms with van der Waals surface area (Å²) < 4.78 is 33.2. The van der Waals surface area contributed by atoms with Crippen LogP contribution in [0.1, 0.15) is 18.1 Å². The number of carbonyl (C=O) groups excluding carboxylic acids is 1. The Kier molecular flexibility index (Phi) is 7.48. The van der Waals surface area contributed by atoms with E-state index in [1.165, 1.54) is 23.9 Å². The van der Waals surface area contributed by atoms with Gasteiger partial charge in [-0.3, -0.25) is 9.52 Å². The van der Waals surface area contributed by atoms with Crippen LogP contribution in [0.3, 0.4) is 0 Å². The Morgan fingerprint density at radius 2 is 1.62 bits per heavy atom. The van der Waals surface area contributed by atoms with Crippen molar-refractivity contribution in [1.29, 1.82) is 0 Å². The lowest BCUT2D eigenvalue weighted by Crippen LogP contribution is -2.22. The van der Waals surface area contributed by atoms with E-state index in [1.54, 1.807) is 25.3 Å². The molecule has 0 fully saturated rings. The minimum absolute atomic E-state index is 0.121. The minimum Gasteiger partial charge on any atom is -0.497 e. The highest BCUT2D eigenvalue weighted by atomic mass is 32.2. The van der Waals surface area contributed by atoms with Crippen molar-refractivity contribution in [2.45, 2.75) is 35.8 Å². The Hall–Kier alpha value is -2.97. The first-order valence-electron chi connectivity index (χ1n) is 9.99. The molecule has 0 heterocycles. The van der Waals surface area contributed by atoms with Gasteiger partial charge in [-0.25, -0.2) is 8.42 Å². The van der Waals surface area contributed by atoms with Gasteiger partial charge < -0.3 is 10.1 Å². The van der Waals surface area contributed by atoms with Crippen molar-refractivity contribution in [3.05, 3.63) is 77.9 Å². The Morgan fingerprint density at radius 3 is 2.22 bits per heavy atom. The van der Waals surface area contributed by atoms with E-state index >= 15 is 0 Å².